The summed E-state index contributed by atoms with van der Waals surface area (Å²) < 4.78 is 4.55. The number of methoxy groups -OCH3 is 1. The van der Waals surface area contributed by atoms with Crippen molar-refractivity contribution in [3.8, 4) is 0 Å². The number of carbonyl (C=O) groups is 1. The van der Waals surface area contributed by atoms with Crippen molar-refractivity contribution in [3.63, 3.8) is 0 Å². The zero-order chi connectivity index (χ0) is 13.1. The summed E-state index contributed by atoms with van der Waals surface area (Å²) >= 11 is 0. The quantitative estimate of drug-likeness (QED) is 0.784. The van der Waals surface area contributed by atoms with Crippen LogP contribution in [0, 0.1) is 0 Å². The first kappa shape index (κ1) is 13.1. The summed E-state index contributed by atoms with van der Waals surface area (Å²) in [5, 5.41) is 10.1. The van der Waals surface area contributed by atoms with Crippen molar-refractivity contribution in [1.29, 1.82) is 0 Å². The van der Waals surface area contributed by atoms with E-state index in [1.54, 1.807) is 0 Å². The SMILES string of the molecule is COC(=O)CC(N)C(O)c1ccc2c(c1)CCC2. The second-order valence-corrected chi connectivity index (χ2v) is 4.77. The largest absolute Gasteiger partial charge is 0.469 e. The fourth-order valence-corrected chi connectivity index (χ4v) is 2.41. The summed E-state index contributed by atoms with van der Waals surface area (Å²) in [6.07, 6.45) is 2.54. The number of carbonyl (C=O) groups excluding carboxylic acids is 1. The van der Waals surface area contributed by atoms with Crippen LogP contribution in [0.4, 0.5) is 0 Å². The molecular formula is C14H19NO3. The highest BCUT2D eigenvalue weighted by molar-refractivity contribution is 5.70. The smallest absolute Gasteiger partial charge is 0.307 e. The minimum atomic E-state index is -0.824. The minimum absolute atomic E-state index is 0.0226. The van der Waals surface area contributed by atoms with Crippen LogP contribution in [-0.2, 0) is 22.4 Å². The van der Waals surface area contributed by atoms with Crippen molar-refractivity contribution >= 4 is 5.97 Å². The normalized spacial score (nSPS) is 17.1. The van der Waals surface area contributed by atoms with Crippen LogP contribution in [0.15, 0.2) is 18.2 Å². The summed E-state index contributed by atoms with van der Waals surface area (Å²) in [5.74, 6) is -0.400. The molecule has 98 valence electrons. The number of ether oxygens (including phenoxy) is 1. The van der Waals surface area contributed by atoms with Crippen LogP contribution < -0.4 is 5.73 Å². The molecule has 1 aliphatic carbocycles. The third kappa shape index (κ3) is 2.71. The molecule has 1 aromatic rings. The van der Waals surface area contributed by atoms with Crippen LogP contribution in [0.3, 0.4) is 0 Å². The molecule has 0 radical (unpaired) electrons. The Morgan fingerprint density at radius 3 is 2.89 bits per heavy atom. The average Bonchev–Trinajstić information content (AvgIpc) is 2.84. The number of rotatable bonds is 4. The van der Waals surface area contributed by atoms with Gasteiger partial charge in [-0.15, -0.1) is 0 Å². The molecule has 0 amide bonds. The van der Waals surface area contributed by atoms with E-state index in [1.165, 1.54) is 24.7 Å². The molecule has 0 bridgehead atoms. The van der Waals surface area contributed by atoms with Crippen molar-refractivity contribution in [1.82, 2.24) is 0 Å². The van der Waals surface area contributed by atoms with Gasteiger partial charge in [0.05, 0.1) is 19.6 Å². The van der Waals surface area contributed by atoms with E-state index in [9.17, 15) is 9.90 Å². The molecule has 18 heavy (non-hydrogen) atoms. The Kier molecular flexibility index (Phi) is 3.99. The van der Waals surface area contributed by atoms with E-state index in [2.05, 4.69) is 4.74 Å². The highest BCUT2D eigenvalue weighted by Gasteiger charge is 2.22. The predicted octanol–water partition coefficient (Wildman–Crippen LogP) is 1.10. The van der Waals surface area contributed by atoms with Crippen LogP contribution in [0.1, 0.15) is 35.6 Å². The second kappa shape index (κ2) is 5.50. The van der Waals surface area contributed by atoms with Gasteiger partial charge in [-0.3, -0.25) is 4.79 Å². The predicted molar refractivity (Wildman–Crippen MR) is 68.0 cm³/mol. The summed E-state index contributed by atoms with van der Waals surface area (Å²) in [5.41, 5.74) is 9.25. The molecule has 2 atom stereocenters. The van der Waals surface area contributed by atoms with Gasteiger partial charge < -0.3 is 15.6 Å². The molecule has 0 spiro atoms. The molecule has 3 N–H and O–H groups in total. The van der Waals surface area contributed by atoms with Crippen LogP contribution in [0.2, 0.25) is 0 Å². The number of benzene rings is 1. The fraction of sp³-hybridized carbons (Fsp3) is 0.500. The van der Waals surface area contributed by atoms with Gasteiger partial charge in [0, 0.05) is 6.04 Å². The molecule has 1 aromatic carbocycles. The van der Waals surface area contributed by atoms with E-state index < -0.39 is 18.1 Å². The van der Waals surface area contributed by atoms with Gasteiger partial charge in [0.1, 0.15) is 0 Å². The van der Waals surface area contributed by atoms with Crippen molar-refractivity contribution < 1.29 is 14.6 Å². The molecule has 0 saturated carbocycles. The maximum Gasteiger partial charge on any atom is 0.307 e. The van der Waals surface area contributed by atoms with Crippen LogP contribution in [0.25, 0.3) is 0 Å². The molecule has 4 heteroatoms. The number of fused-ring (bicyclic) bond motifs is 1. The van der Waals surface area contributed by atoms with Gasteiger partial charge in [-0.1, -0.05) is 18.2 Å². The molecule has 4 nitrogen and oxygen atoms in total. The fourth-order valence-electron chi connectivity index (χ4n) is 2.41. The third-order valence-electron chi connectivity index (χ3n) is 3.50. The Morgan fingerprint density at radius 2 is 2.17 bits per heavy atom. The lowest BCUT2D eigenvalue weighted by atomic mass is 9.97. The Morgan fingerprint density at radius 1 is 1.44 bits per heavy atom. The number of aryl methyl sites for hydroxylation is 2. The highest BCUT2D eigenvalue weighted by Crippen LogP contribution is 2.26. The summed E-state index contributed by atoms with van der Waals surface area (Å²) in [4.78, 5) is 11.1. The van der Waals surface area contributed by atoms with Crippen LogP contribution in [0.5, 0.6) is 0 Å². The van der Waals surface area contributed by atoms with Crippen LogP contribution >= 0.6 is 0 Å². The highest BCUT2D eigenvalue weighted by atomic mass is 16.5. The zero-order valence-corrected chi connectivity index (χ0v) is 10.6. The van der Waals surface area contributed by atoms with Crippen molar-refractivity contribution in [2.75, 3.05) is 7.11 Å². The maximum absolute atomic E-state index is 11.1. The molecule has 0 heterocycles. The number of aliphatic hydroxyl groups is 1. The van der Waals surface area contributed by atoms with Crippen molar-refractivity contribution in [3.05, 3.63) is 34.9 Å². The monoisotopic (exact) mass is 249 g/mol. The number of aliphatic hydroxyl groups excluding tert-OH is 1. The Bertz CT molecular complexity index is 445. The van der Waals surface area contributed by atoms with Gasteiger partial charge in [-0.05, 0) is 36.0 Å². The molecular weight excluding hydrogens is 230 g/mol. The van der Waals surface area contributed by atoms with E-state index in [-0.39, 0.29) is 6.42 Å². The zero-order valence-electron chi connectivity index (χ0n) is 10.6. The number of esters is 1. The molecule has 0 aliphatic heterocycles. The lowest BCUT2D eigenvalue weighted by Gasteiger charge is -2.19. The van der Waals surface area contributed by atoms with Crippen LogP contribution in [-0.4, -0.2) is 24.2 Å². The van der Waals surface area contributed by atoms with Gasteiger partial charge in [0.2, 0.25) is 0 Å². The molecule has 0 saturated heterocycles. The third-order valence-corrected chi connectivity index (χ3v) is 3.50. The number of hydrogen-bond donors (Lipinski definition) is 2. The first-order chi connectivity index (χ1) is 8.61. The first-order valence-electron chi connectivity index (χ1n) is 6.24. The van der Waals surface area contributed by atoms with Gasteiger partial charge in [-0.25, -0.2) is 0 Å². The van der Waals surface area contributed by atoms with Crippen molar-refractivity contribution in [2.24, 2.45) is 5.73 Å². The minimum Gasteiger partial charge on any atom is -0.469 e. The Labute approximate surface area is 107 Å². The van der Waals surface area contributed by atoms with Gasteiger partial charge in [0.25, 0.3) is 0 Å². The van der Waals surface area contributed by atoms with Crippen molar-refractivity contribution in [2.45, 2.75) is 37.8 Å². The maximum atomic E-state index is 11.1. The number of hydrogen-bond acceptors (Lipinski definition) is 4. The average molecular weight is 249 g/mol. The van der Waals surface area contributed by atoms with E-state index in [4.69, 9.17) is 5.73 Å². The molecule has 0 fully saturated rings. The standard InChI is InChI=1S/C14H19NO3/c1-18-13(16)8-12(15)14(17)11-6-5-9-3-2-4-10(9)7-11/h5-7,12,14,17H,2-4,8,15H2,1H3. The first-order valence-corrected chi connectivity index (χ1v) is 6.24. The van der Waals surface area contributed by atoms with E-state index in [1.807, 2.05) is 18.2 Å². The van der Waals surface area contributed by atoms with Gasteiger partial charge in [0.15, 0.2) is 0 Å². The molecule has 2 unspecified atom stereocenters. The van der Waals surface area contributed by atoms with E-state index >= 15 is 0 Å². The topological polar surface area (TPSA) is 72.5 Å². The Hall–Kier alpha value is -1.39. The number of nitrogens with two attached hydrogens (primary N) is 1. The summed E-state index contributed by atoms with van der Waals surface area (Å²) in [6.45, 7) is 0. The molecule has 2 rings (SSSR count). The molecule has 0 aromatic heterocycles. The van der Waals surface area contributed by atoms with E-state index in [0.717, 1.165) is 18.4 Å². The van der Waals surface area contributed by atoms with Gasteiger partial charge >= 0.3 is 5.97 Å². The van der Waals surface area contributed by atoms with Gasteiger partial charge in [-0.2, -0.15) is 0 Å². The lowest BCUT2D eigenvalue weighted by Crippen LogP contribution is -2.31. The summed E-state index contributed by atoms with van der Waals surface area (Å²) in [7, 11) is 1.32. The second-order valence-electron chi connectivity index (χ2n) is 4.77. The van der Waals surface area contributed by atoms with E-state index in [0.29, 0.717) is 0 Å². The molecule has 1 aliphatic rings. The summed E-state index contributed by atoms with van der Waals surface area (Å²) in [6, 6.07) is 5.32. The Balaban J connectivity index is 2.08. The lowest BCUT2D eigenvalue weighted by molar-refractivity contribution is -0.141.